The predicted octanol–water partition coefficient (Wildman–Crippen LogP) is 4.70. The number of hydrogen-bond donors (Lipinski definition) is 1. The van der Waals surface area contributed by atoms with Crippen LogP contribution in [0.5, 0.6) is 11.6 Å². The van der Waals surface area contributed by atoms with Crippen LogP contribution in [0.15, 0.2) is 53.9 Å². The zero-order chi connectivity index (χ0) is 17.1. The summed E-state index contributed by atoms with van der Waals surface area (Å²) >= 11 is 1.57. The van der Waals surface area contributed by atoms with E-state index < -0.39 is 0 Å². The first-order chi connectivity index (χ1) is 12.3. The summed E-state index contributed by atoms with van der Waals surface area (Å²) in [4.78, 5) is 9.08. The van der Waals surface area contributed by atoms with E-state index in [1.54, 1.807) is 18.4 Å². The van der Waals surface area contributed by atoms with E-state index in [4.69, 9.17) is 9.47 Å². The molecule has 0 amide bonds. The highest BCUT2D eigenvalue weighted by molar-refractivity contribution is 7.17. The minimum Gasteiger partial charge on any atom is -0.437 e. The van der Waals surface area contributed by atoms with Crippen molar-refractivity contribution in [3.05, 3.63) is 53.9 Å². The zero-order valence-electron chi connectivity index (χ0n) is 13.7. The van der Waals surface area contributed by atoms with Crippen LogP contribution in [-0.2, 0) is 4.74 Å². The van der Waals surface area contributed by atoms with Crippen molar-refractivity contribution in [2.45, 2.75) is 0 Å². The van der Waals surface area contributed by atoms with E-state index in [1.807, 2.05) is 35.7 Å². The van der Waals surface area contributed by atoms with Crippen LogP contribution < -0.4 is 10.1 Å². The minimum absolute atomic E-state index is 0.540. The van der Waals surface area contributed by atoms with Gasteiger partial charge in [0.25, 0.3) is 0 Å². The van der Waals surface area contributed by atoms with Crippen LogP contribution in [0.1, 0.15) is 0 Å². The average Bonchev–Trinajstić information content (AvgIpc) is 3.11. The van der Waals surface area contributed by atoms with Crippen molar-refractivity contribution < 1.29 is 9.47 Å². The molecule has 0 aliphatic carbocycles. The molecule has 0 atom stereocenters. The summed E-state index contributed by atoms with van der Waals surface area (Å²) < 4.78 is 12.2. The predicted molar refractivity (Wildman–Crippen MR) is 102 cm³/mol. The van der Waals surface area contributed by atoms with Gasteiger partial charge in [0.1, 0.15) is 10.4 Å². The largest absolute Gasteiger partial charge is 0.437 e. The summed E-state index contributed by atoms with van der Waals surface area (Å²) in [6.45, 7) is 1.23. The van der Waals surface area contributed by atoms with Gasteiger partial charge in [0, 0.05) is 19.0 Å². The van der Waals surface area contributed by atoms with Gasteiger partial charge < -0.3 is 14.8 Å². The summed E-state index contributed by atoms with van der Waals surface area (Å²) in [7, 11) is 1.67. The third-order valence-corrected chi connectivity index (χ3v) is 4.71. The zero-order valence-corrected chi connectivity index (χ0v) is 14.5. The first-order valence-corrected chi connectivity index (χ1v) is 8.87. The lowest BCUT2D eigenvalue weighted by Crippen LogP contribution is -2.10. The van der Waals surface area contributed by atoms with Gasteiger partial charge in [0.15, 0.2) is 0 Å². The van der Waals surface area contributed by atoms with Gasteiger partial charge in [-0.1, -0.05) is 36.4 Å². The van der Waals surface area contributed by atoms with Gasteiger partial charge >= 0.3 is 0 Å². The van der Waals surface area contributed by atoms with Gasteiger partial charge in [-0.3, -0.25) is 0 Å². The molecular formula is C19H17N3O2S. The third-order valence-electron chi connectivity index (χ3n) is 3.82. The van der Waals surface area contributed by atoms with Crippen molar-refractivity contribution in [1.82, 2.24) is 9.97 Å². The molecule has 0 bridgehead atoms. The molecule has 0 saturated heterocycles. The standard InChI is InChI=1S/C19H17N3O2S/c1-23-11-10-20-19-21-15-9-12-25-17(15)18(22-19)24-16-8-4-6-13-5-2-3-7-14(13)16/h2-9,12H,10-11H2,1H3,(H,20,21,22). The van der Waals surface area contributed by atoms with Crippen LogP contribution in [0.4, 0.5) is 5.95 Å². The average molecular weight is 351 g/mol. The molecule has 0 saturated carbocycles. The van der Waals surface area contributed by atoms with Crippen LogP contribution in [0, 0.1) is 0 Å². The molecule has 4 rings (SSSR count). The van der Waals surface area contributed by atoms with E-state index in [1.165, 1.54) is 0 Å². The molecule has 0 spiro atoms. The second-order valence-electron chi connectivity index (χ2n) is 5.49. The Hall–Kier alpha value is -2.70. The van der Waals surface area contributed by atoms with Crippen LogP contribution in [-0.4, -0.2) is 30.2 Å². The molecule has 1 N–H and O–H groups in total. The van der Waals surface area contributed by atoms with Gasteiger partial charge in [-0.25, -0.2) is 4.98 Å². The lowest BCUT2D eigenvalue weighted by atomic mass is 10.1. The van der Waals surface area contributed by atoms with E-state index >= 15 is 0 Å². The molecule has 0 aliphatic heterocycles. The Kier molecular flexibility index (Phi) is 4.45. The van der Waals surface area contributed by atoms with E-state index in [0.29, 0.717) is 25.0 Å². The fourth-order valence-corrected chi connectivity index (χ4v) is 3.39. The Morgan fingerprint density at radius 2 is 1.92 bits per heavy atom. The van der Waals surface area contributed by atoms with Crippen LogP contribution in [0.2, 0.25) is 0 Å². The summed E-state index contributed by atoms with van der Waals surface area (Å²) in [6.07, 6.45) is 0. The molecule has 126 valence electrons. The third kappa shape index (κ3) is 3.26. The molecule has 2 heterocycles. The molecular weight excluding hydrogens is 334 g/mol. The molecule has 4 aromatic rings. The number of anilines is 1. The van der Waals surface area contributed by atoms with Crippen molar-refractivity contribution in [2.24, 2.45) is 0 Å². The Labute approximate surface area is 149 Å². The molecule has 25 heavy (non-hydrogen) atoms. The maximum atomic E-state index is 6.20. The van der Waals surface area contributed by atoms with Crippen molar-refractivity contribution in [1.29, 1.82) is 0 Å². The van der Waals surface area contributed by atoms with Crippen molar-refractivity contribution in [3.63, 3.8) is 0 Å². The quantitative estimate of drug-likeness (QED) is 0.511. The highest BCUT2D eigenvalue weighted by Gasteiger charge is 2.12. The summed E-state index contributed by atoms with van der Waals surface area (Å²) in [5, 5.41) is 7.35. The summed E-state index contributed by atoms with van der Waals surface area (Å²) in [5.74, 6) is 1.89. The maximum Gasteiger partial charge on any atom is 0.242 e. The highest BCUT2D eigenvalue weighted by atomic mass is 32.1. The fraction of sp³-hybridized carbons (Fsp3) is 0.158. The van der Waals surface area contributed by atoms with Gasteiger partial charge in [-0.2, -0.15) is 4.98 Å². The number of methoxy groups -OCH3 is 1. The molecule has 2 aromatic carbocycles. The van der Waals surface area contributed by atoms with E-state index in [9.17, 15) is 0 Å². The maximum absolute atomic E-state index is 6.20. The Balaban J connectivity index is 1.73. The van der Waals surface area contributed by atoms with Gasteiger partial charge in [-0.15, -0.1) is 11.3 Å². The Morgan fingerprint density at radius 3 is 2.84 bits per heavy atom. The number of aromatic nitrogens is 2. The van der Waals surface area contributed by atoms with E-state index in [0.717, 1.165) is 26.7 Å². The number of nitrogens with one attached hydrogen (secondary N) is 1. The lowest BCUT2D eigenvalue weighted by molar-refractivity contribution is 0.210. The topological polar surface area (TPSA) is 56.3 Å². The first-order valence-electron chi connectivity index (χ1n) is 7.99. The van der Waals surface area contributed by atoms with Crippen molar-refractivity contribution in [2.75, 3.05) is 25.6 Å². The highest BCUT2D eigenvalue weighted by Crippen LogP contribution is 2.35. The molecule has 0 aliphatic rings. The number of rotatable bonds is 6. The number of ether oxygens (including phenoxy) is 2. The number of fused-ring (bicyclic) bond motifs is 2. The van der Waals surface area contributed by atoms with Gasteiger partial charge in [0.2, 0.25) is 11.8 Å². The van der Waals surface area contributed by atoms with Gasteiger partial charge in [0.05, 0.1) is 12.1 Å². The molecule has 0 radical (unpaired) electrons. The number of benzene rings is 2. The van der Waals surface area contributed by atoms with Crippen molar-refractivity contribution >= 4 is 38.3 Å². The minimum atomic E-state index is 0.540. The molecule has 2 aromatic heterocycles. The van der Waals surface area contributed by atoms with E-state index in [2.05, 4.69) is 33.5 Å². The summed E-state index contributed by atoms with van der Waals surface area (Å²) in [5.41, 5.74) is 0.871. The van der Waals surface area contributed by atoms with Crippen molar-refractivity contribution in [3.8, 4) is 11.6 Å². The smallest absolute Gasteiger partial charge is 0.242 e. The number of hydrogen-bond acceptors (Lipinski definition) is 6. The van der Waals surface area contributed by atoms with Crippen LogP contribution in [0.3, 0.4) is 0 Å². The molecule has 5 nitrogen and oxygen atoms in total. The second-order valence-corrected chi connectivity index (χ2v) is 6.40. The Morgan fingerprint density at radius 1 is 1.04 bits per heavy atom. The molecule has 0 unspecified atom stereocenters. The molecule has 6 heteroatoms. The van der Waals surface area contributed by atoms with Gasteiger partial charge in [-0.05, 0) is 22.9 Å². The Bertz CT molecular complexity index is 1010. The first kappa shape index (κ1) is 15.8. The summed E-state index contributed by atoms with van der Waals surface area (Å²) in [6, 6.07) is 16.1. The monoisotopic (exact) mass is 351 g/mol. The lowest BCUT2D eigenvalue weighted by Gasteiger charge is -2.11. The van der Waals surface area contributed by atoms with Crippen LogP contribution in [0.25, 0.3) is 21.0 Å². The molecule has 0 fully saturated rings. The van der Waals surface area contributed by atoms with E-state index in [-0.39, 0.29) is 0 Å². The second kappa shape index (κ2) is 7.04. The number of nitrogens with zero attached hydrogens (tertiary/aromatic N) is 2. The fourth-order valence-electron chi connectivity index (χ4n) is 2.64. The number of thiophene rings is 1. The SMILES string of the molecule is COCCNc1nc(Oc2cccc3ccccc23)c2sccc2n1. The van der Waals surface area contributed by atoms with Crippen LogP contribution >= 0.6 is 11.3 Å². The normalized spacial score (nSPS) is 11.1.